The zero-order valence-electron chi connectivity index (χ0n) is 10.0. The summed E-state index contributed by atoms with van der Waals surface area (Å²) >= 11 is 5.85. The van der Waals surface area contributed by atoms with E-state index in [-0.39, 0.29) is 22.4 Å². The van der Waals surface area contributed by atoms with Crippen LogP contribution in [0.3, 0.4) is 0 Å². The second kappa shape index (κ2) is 5.99. The Hall–Kier alpha value is -1.66. The summed E-state index contributed by atoms with van der Waals surface area (Å²) in [4.78, 5) is 22.0. The molecule has 0 N–H and O–H groups in total. The third-order valence-corrected chi connectivity index (χ3v) is 3.23. The molecule has 1 aromatic carbocycles. The molecule has 6 nitrogen and oxygen atoms in total. The lowest BCUT2D eigenvalue weighted by Crippen LogP contribution is -2.26. The first-order valence-electron chi connectivity index (χ1n) is 5.81. The van der Waals surface area contributed by atoms with Gasteiger partial charge >= 0.3 is 5.97 Å². The maximum atomic E-state index is 11.9. The van der Waals surface area contributed by atoms with Gasteiger partial charge in [-0.1, -0.05) is 17.7 Å². The Morgan fingerprint density at radius 3 is 2.74 bits per heavy atom. The summed E-state index contributed by atoms with van der Waals surface area (Å²) in [6.07, 6.45) is 1.02. The fraction of sp³-hybridized carbons (Fsp3) is 0.417. The highest BCUT2D eigenvalue weighted by atomic mass is 35.5. The smallest absolute Gasteiger partial charge is 0.340 e. The molecule has 0 aromatic heterocycles. The SMILES string of the molecule is O=C(OC1CCOCC1)c1cccc([N+](=O)[O-])c1Cl. The fourth-order valence-electron chi connectivity index (χ4n) is 1.83. The van der Waals surface area contributed by atoms with Crippen molar-refractivity contribution in [1.29, 1.82) is 0 Å². The Morgan fingerprint density at radius 1 is 1.42 bits per heavy atom. The minimum Gasteiger partial charge on any atom is -0.459 e. The molecule has 1 heterocycles. The highest BCUT2D eigenvalue weighted by Gasteiger charge is 2.24. The number of carbonyl (C=O) groups excluding carboxylic acids is 1. The van der Waals surface area contributed by atoms with Crippen molar-refractivity contribution in [2.45, 2.75) is 18.9 Å². The maximum absolute atomic E-state index is 11.9. The molecule has 1 aliphatic heterocycles. The Labute approximate surface area is 114 Å². The van der Waals surface area contributed by atoms with E-state index >= 15 is 0 Å². The first-order chi connectivity index (χ1) is 9.09. The number of hydrogen-bond donors (Lipinski definition) is 0. The molecule has 102 valence electrons. The molecule has 1 saturated heterocycles. The number of rotatable bonds is 3. The Kier molecular flexibility index (Phi) is 4.34. The number of halogens is 1. The normalized spacial score (nSPS) is 16.1. The molecule has 0 saturated carbocycles. The highest BCUT2D eigenvalue weighted by Crippen LogP contribution is 2.28. The first kappa shape index (κ1) is 13.8. The van der Waals surface area contributed by atoms with Gasteiger partial charge in [0.1, 0.15) is 11.1 Å². The standard InChI is InChI=1S/C12H12ClNO5/c13-11-9(2-1-3-10(11)14(16)17)12(15)19-8-4-6-18-7-5-8/h1-3,8H,4-7H2. The number of hydrogen-bond acceptors (Lipinski definition) is 5. The predicted molar refractivity (Wildman–Crippen MR) is 67.4 cm³/mol. The number of ether oxygens (including phenoxy) is 2. The van der Waals surface area contributed by atoms with Gasteiger partial charge in [0, 0.05) is 18.9 Å². The maximum Gasteiger partial charge on any atom is 0.340 e. The van der Waals surface area contributed by atoms with Crippen LogP contribution in [0.5, 0.6) is 0 Å². The molecule has 19 heavy (non-hydrogen) atoms. The Morgan fingerprint density at radius 2 is 2.11 bits per heavy atom. The van der Waals surface area contributed by atoms with Crippen LogP contribution in [0.4, 0.5) is 5.69 Å². The molecule has 0 radical (unpaired) electrons. The van der Waals surface area contributed by atoms with Crippen molar-refractivity contribution in [2.75, 3.05) is 13.2 Å². The highest BCUT2D eigenvalue weighted by molar-refractivity contribution is 6.35. The van der Waals surface area contributed by atoms with Crippen LogP contribution in [0.2, 0.25) is 5.02 Å². The molecule has 0 unspecified atom stereocenters. The Balaban J connectivity index is 2.14. The third kappa shape index (κ3) is 3.21. The molecule has 1 aromatic rings. The van der Waals surface area contributed by atoms with Crippen molar-refractivity contribution >= 4 is 23.3 Å². The molecular formula is C12H12ClNO5. The summed E-state index contributed by atoms with van der Waals surface area (Å²) in [5, 5.41) is 10.5. The zero-order valence-corrected chi connectivity index (χ0v) is 10.8. The van der Waals surface area contributed by atoms with E-state index in [0.29, 0.717) is 26.1 Å². The molecular weight excluding hydrogens is 274 g/mol. The number of benzene rings is 1. The summed E-state index contributed by atoms with van der Waals surface area (Å²) < 4.78 is 10.4. The van der Waals surface area contributed by atoms with Crippen molar-refractivity contribution in [3.63, 3.8) is 0 Å². The number of esters is 1. The van der Waals surface area contributed by atoms with Gasteiger partial charge in [0.25, 0.3) is 5.69 Å². The lowest BCUT2D eigenvalue weighted by atomic mass is 10.1. The van der Waals surface area contributed by atoms with E-state index in [9.17, 15) is 14.9 Å². The topological polar surface area (TPSA) is 78.7 Å². The minimum atomic E-state index is -0.638. The van der Waals surface area contributed by atoms with Gasteiger partial charge in [-0.15, -0.1) is 0 Å². The summed E-state index contributed by atoms with van der Waals surface area (Å²) in [7, 11) is 0. The average molecular weight is 286 g/mol. The zero-order chi connectivity index (χ0) is 13.8. The monoisotopic (exact) mass is 285 g/mol. The van der Waals surface area contributed by atoms with Gasteiger partial charge in [-0.05, 0) is 6.07 Å². The fourth-order valence-corrected chi connectivity index (χ4v) is 2.10. The van der Waals surface area contributed by atoms with Crippen LogP contribution in [0, 0.1) is 10.1 Å². The van der Waals surface area contributed by atoms with Crippen LogP contribution in [0.15, 0.2) is 18.2 Å². The van der Waals surface area contributed by atoms with Crippen LogP contribution < -0.4 is 0 Å². The van der Waals surface area contributed by atoms with E-state index in [1.54, 1.807) is 0 Å². The van der Waals surface area contributed by atoms with Crippen molar-refractivity contribution < 1.29 is 19.2 Å². The van der Waals surface area contributed by atoms with E-state index in [4.69, 9.17) is 21.1 Å². The molecule has 0 bridgehead atoms. The molecule has 0 amide bonds. The van der Waals surface area contributed by atoms with E-state index in [1.807, 2.05) is 0 Å². The molecule has 7 heteroatoms. The molecule has 0 atom stereocenters. The second-order valence-corrected chi connectivity index (χ2v) is 4.49. The van der Waals surface area contributed by atoms with Gasteiger partial charge in [0.15, 0.2) is 0 Å². The molecule has 1 aliphatic rings. The van der Waals surface area contributed by atoms with Crippen molar-refractivity contribution in [2.24, 2.45) is 0 Å². The Bertz CT molecular complexity index is 499. The summed E-state index contributed by atoms with van der Waals surface area (Å²) in [5.41, 5.74) is -0.287. The first-order valence-corrected chi connectivity index (χ1v) is 6.19. The van der Waals surface area contributed by atoms with Gasteiger partial charge in [-0.3, -0.25) is 10.1 Å². The van der Waals surface area contributed by atoms with E-state index in [1.165, 1.54) is 18.2 Å². The van der Waals surface area contributed by atoms with Crippen molar-refractivity contribution in [1.82, 2.24) is 0 Å². The third-order valence-electron chi connectivity index (χ3n) is 2.84. The summed E-state index contributed by atoms with van der Waals surface area (Å²) in [6, 6.07) is 4.06. The lowest BCUT2D eigenvalue weighted by molar-refractivity contribution is -0.384. The van der Waals surface area contributed by atoms with Crippen LogP contribution in [-0.4, -0.2) is 30.2 Å². The quantitative estimate of drug-likeness (QED) is 0.484. The van der Waals surface area contributed by atoms with E-state index < -0.39 is 10.9 Å². The van der Waals surface area contributed by atoms with Crippen LogP contribution >= 0.6 is 11.6 Å². The number of nitro benzene ring substituents is 1. The largest absolute Gasteiger partial charge is 0.459 e. The van der Waals surface area contributed by atoms with Gasteiger partial charge < -0.3 is 9.47 Å². The second-order valence-electron chi connectivity index (χ2n) is 4.11. The van der Waals surface area contributed by atoms with Crippen LogP contribution in [-0.2, 0) is 9.47 Å². The molecule has 1 fully saturated rings. The van der Waals surface area contributed by atoms with E-state index in [0.717, 1.165) is 0 Å². The van der Waals surface area contributed by atoms with Gasteiger partial charge in [-0.2, -0.15) is 0 Å². The number of nitro groups is 1. The molecule has 2 rings (SSSR count). The van der Waals surface area contributed by atoms with E-state index in [2.05, 4.69) is 0 Å². The van der Waals surface area contributed by atoms with Gasteiger partial charge in [0.2, 0.25) is 0 Å². The van der Waals surface area contributed by atoms with Crippen molar-refractivity contribution in [3.05, 3.63) is 38.9 Å². The van der Waals surface area contributed by atoms with Gasteiger partial charge in [-0.25, -0.2) is 4.79 Å². The van der Waals surface area contributed by atoms with Crippen LogP contribution in [0.25, 0.3) is 0 Å². The summed E-state index contributed by atoms with van der Waals surface area (Å²) in [5.74, 6) is -0.638. The number of carbonyl (C=O) groups is 1. The van der Waals surface area contributed by atoms with Crippen LogP contribution in [0.1, 0.15) is 23.2 Å². The summed E-state index contributed by atoms with van der Waals surface area (Å²) in [6.45, 7) is 1.08. The lowest BCUT2D eigenvalue weighted by Gasteiger charge is -2.22. The average Bonchev–Trinajstić information content (AvgIpc) is 2.39. The number of nitrogens with zero attached hydrogens (tertiary/aromatic N) is 1. The van der Waals surface area contributed by atoms with Gasteiger partial charge in [0.05, 0.1) is 23.7 Å². The van der Waals surface area contributed by atoms with Crippen molar-refractivity contribution in [3.8, 4) is 0 Å². The molecule has 0 spiro atoms. The molecule has 0 aliphatic carbocycles. The minimum absolute atomic E-state index is 0.0161. The predicted octanol–water partition coefficient (Wildman–Crippen LogP) is 2.58.